The van der Waals surface area contributed by atoms with E-state index in [-0.39, 0.29) is 5.82 Å². The second-order valence-corrected chi connectivity index (χ2v) is 4.84. The molecular formula is C14H23FN2. The number of halogens is 1. The third-order valence-corrected chi connectivity index (χ3v) is 2.73. The molecule has 0 aromatic heterocycles. The Morgan fingerprint density at radius 2 is 1.88 bits per heavy atom. The number of rotatable bonds is 7. The van der Waals surface area contributed by atoms with Crippen LogP contribution in [0.2, 0.25) is 0 Å². The highest BCUT2D eigenvalue weighted by atomic mass is 19.1. The van der Waals surface area contributed by atoms with Gasteiger partial charge in [-0.3, -0.25) is 0 Å². The van der Waals surface area contributed by atoms with Crippen molar-refractivity contribution in [2.75, 3.05) is 27.2 Å². The van der Waals surface area contributed by atoms with Crippen LogP contribution in [0, 0.1) is 5.82 Å². The molecule has 0 aliphatic carbocycles. The molecule has 0 saturated carbocycles. The van der Waals surface area contributed by atoms with Crippen molar-refractivity contribution in [1.82, 2.24) is 10.2 Å². The van der Waals surface area contributed by atoms with Crippen molar-refractivity contribution in [3.63, 3.8) is 0 Å². The molecule has 1 aromatic rings. The Morgan fingerprint density at radius 3 is 2.47 bits per heavy atom. The summed E-state index contributed by atoms with van der Waals surface area (Å²) in [5.74, 6) is -0.166. The summed E-state index contributed by atoms with van der Waals surface area (Å²) in [6, 6.07) is 7.19. The van der Waals surface area contributed by atoms with E-state index in [2.05, 4.69) is 31.2 Å². The van der Waals surface area contributed by atoms with E-state index in [4.69, 9.17) is 0 Å². The minimum absolute atomic E-state index is 0.166. The Kier molecular flexibility index (Phi) is 6.16. The first-order chi connectivity index (χ1) is 8.08. The summed E-state index contributed by atoms with van der Waals surface area (Å²) in [5, 5.41) is 3.48. The highest BCUT2D eigenvalue weighted by molar-refractivity contribution is 5.16. The number of benzene rings is 1. The van der Waals surface area contributed by atoms with Crippen LogP contribution in [-0.2, 0) is 6.42 Å². The molecule has 0 bridgehead atoms. The smallest absolute Gasteiger partial charge is 0.123 e. The molecule has 17 heavy (non-hydrogen) atoms. The molecule has 1 aromatic carbocycles. The quantitative estimate of drug-likeness (QED) is 0.733. The largest absolute Gasteiger partial charge is 0.314 e. The van der Waals surface area contributed by atoms with Gasteiger partial charge in [0.25, 0.3) is 0 Å². The first kappa shape index (κ1) is 14.1. The lowest BCUT2D eigenvalue weighted by molar-refractivity contribution is 0.388. The summed E-state index contributed by atoms with van der Waals surface area (Å²) in [6.07, 6.45) is 2.10. The van der Waals surface area contributed by atoms with Crippen molar-refractivity contribution in [3.05, 3.63) is 35.6 Å². The van der Waals surface area contributed by atoms with Gasteiger partial charge >= 0.3 is 0 Å². The third-order valence-electron chi connectivity index (χ3n) is 2.73. The molecule has 1 N–H and O–H groups in total. The van der Waals surface area contributed by atoms with Gasteiger partial charge in [0, 0.05) is 6.04 Å². The van der Waals surface area contributed by atoms with Crippen molar-refractivity contribution < 1.29 is 4.39 Å². The molecule has 96 valence electrons. The van der Waals surface area contributed by atoms with Gasteiger partial charge in [0.1, 0.15) is 5.82 Å². The minimum atomic E-state index is -0.166. The van der Waals surface area contributed by atoms with Crippen LogP contribution in [0.25, 0.3) is 0 Å². The average Bonchev–Trinajstić information content (AvgIpc) is 2.27. The van der Waals surface area contributed by atoms with Gasteiger partial charge in [-0.25, -0.2) is 4.39 Å². The van der Waals surface area contributed by atoms with Gasteiger partial charge in [0.15, 0.2) is 0 Å². The van der Waals surface area contributed by atoms with Crippen molar-refractivity contribution in [3.8, 4) is 0 Å². The Hall–Kier alpha value is -0.930. The molecule has 2 nitrogen and oxygen atoms in total. The topological polar surface area (TPSA) is 15.3 Å². The maximum absolute atomic E-state index is 12.7. The predicted octanol–water partition coefficient (Wildman–Crippen LogP) is 2.30. The molecule has 0 aliphatic heterocycles. The molecule has 0 radical (unpaired) electrons. The average molecular weight is 238 g/mol. The van der Waals surface area contributed by atoms with Gasteiger partial charge in [-0.1, -0.05) is 12.1 Å². The minimum Gasteiger partial charge on any atom is -0.314 e. The maximum atomic E-state index is 12.7. The van der Waals surface area contributed by atoms with Crippen LogP contribution in [-0.4, -0.2) is 38.1 Å². The normalized spacial score (nSPS) is 13.0. The fraction of sp³-hybridized carbons (Fsp3) is 0.571. The lowest BCUT2D eigenvalue weighted by atomic mass is 10.1. The second kappa shape index (κ2) is 7.41. The number of nitrogens with one attached hydrogen (secondary N) is 1. The zero-order valence-electron chi connectivity index (χ0n) is 11.0. The van der Waals surface area contributed by atoms with Gasteiger partial charge in [0.2, 0.25) is 0 Å². The van der Waals surface area contributed by atoms with Gasteiger partial charge < -0.3 is 10.2 Å². The highest BCUT2D eigenvalue weighted by Crippen LogP contribution is 2.05. The van der Waals surface area contributed by atoms with Gasteiger partial charge in [-0.05, 0) is 64.6 Å². The summed E-state index contributed by atoms with van der Waals surface area (Å²) in [4.78, 5) is 2.19. The second-order valence-electron chi connectivity index (χ2n) is 4.84. The van der Waals surface area contributed by atoms with Crippen LogP contribution in [0.15, 0.2) is 24.3 Å². The van der Waals surface area contributed by atoms with E-state index in [1.165, 1.54) is 17.7 Å². The van der Waals surface area contributed by atoms with Crippen molar-refractivity contribution in [1.29, 1.82) is 0 Å². The molecular weight excluding hydrogens is 215 g/mol. The molecule has 0 saturated heterocycles. The third kappa shape index (κ3) is 6.39. The molecule has 1 unspecified atom stereocenters. The summed E-state index contributed by atoms with van der Waals surface area (Å²) >= 11 is 0. The standard InChI is InChI=1S/C14H23FN2/c1-12(16-9-4-10-17(2)3)11-13-5-7-14(15)8-6-13/h5-8,12,16H,4,9-11H2,1-3H3. The Morgan fingerprint density at radius 1 is 1.24 bits per heavy atom. The van der Waals surface area contributed by atoms with Crippen LogP contribution in [0.1, 0.15) is 18.9 Å². The summed E-state index contributed by atoms with van der Waals surface area (Å²) in [7, 11) is 4.17. The van der Waals surface area contributed by atoms with Crippen LogP contribution in [0.5, 0.6) is 0 Å². The zero-order chi connectivity index (χ0) is 12.7. The van der Waals surface area contributed by atoms with E-state index in [9.17, 15) is 4.39 Å². The molecule has 0 heterocycles. The van der Waals surface area contributed by atoms with Gasteiger partial charge in [-0.2, -0.15) is 0 Å². The van der Waals surface area contributed by atoms with Crippen LogP contribution >= 0.6 is 0 Å². The van der Waals surface area contributed by atoms with Gasteiger partial charge in [-0.15, -0.1) is 0 Å². The van der Waals surface area contributed by atoms with E-state index >= 15 is 0 Å². The summed E-state index contributed by atoms with van der Waals surface area (Å²) in [5.41, 5.74) is 1.18. The molecule has 0 aliphatic rings. The lowest BCUT2D eigenvalue weighted by Crippen LogP contribution is -2.30. The highest BCUT2D eigenvalue weighted by Gasteiger charge is 2.02. The summed E-state index contributed by atoms with van der Waals surface area (Å²) < 4.78 is 12.7. The Bertz CT molecular complexity index is 309. The van der Waals surface area contributed by atoms with E-state index in [1.54, 1.807) is 0 Å². The van der Waals surface area contributed by atoms with Crippen molar-refractivity contribution >= 4 is 0 Å². The predicted molar refractivity (Wildman–Crippen MR) is 70.7 cm³/mol. The van der Waals surface area contributed by atoms with Crippen molar-refractivity contribution in [2.45, 2.75) is 25.8 Å². The van der Waals surface area contributed by atoms with Crippen LogP contribution in [0.3, 0.4) is 0 Å². The molecule has 0 spiro atoms. The monoisotopic (exact) mass is 238 g/mol. The van der Waals surface area contributed by atoms with Crippen LogP contribution in [0.4, 0.5) is 4.39 Å². The molecule has 3 heteroatoms. The van der Waals surface area contributed by atoms with E-state index in [0.29, 0.717) is 6.04 Å². The van der Waals surface area contributed by atoms with E-state index in [0.717, 1.165) is 25.9 Å². The lowest BCUT2D eigenvalue weighted by Gasteiger charge is -2.15. The fourth-order valence-electron chi connectivity index (χ4n) is 1.79. The first-order valence-electron chi connectivity index (χ1n) is 6.20. The van der Waals surface area contributed by atoms with Crippen molar-refractivity contribution in [2.24, 2.45) is 0 Å². The van der Waals surface area contributed by atoms with Gasteiger partial charge in [0.05, 0.1) is 0 Å². The maximum Gasteiger partial charge on any atom is 0.123 e. The first-order valence-corrected chi connectivity index (χ1v) is 6.20. The molecule has 1 atom stereocenters. The Labute approximate surface area is 104 Å². The number of nitrogens with zero attached hydrogens (tertiary/aromatic N) is 1. The number of hydrogen-bond acceptors (Lipinski definition) is 2. The molecule has 0 amide bonds. The van der Waals surface area contributed by atoms with Crippen LogP contribution < -0.4 is 5.32 Å². The fourth-order valence-corrected chi connectivity index (χ4v) is 1.79. The van der Waals surface area contributed by atoms with E-state index in [1.807, 2.05) is 12.1 Å². The molecule has 1 rings (SSSR count). The zero-order valence-corrected chi connectivity index (χ0v) is 11.0. The SMILES string of the molecule is CC(Cc1ccc(F)cc1)NCCCN(C)C. The molecule has 0 fully saturated rings. The number of hydrogen-bond donors (Lipinski definition) is 1. The summed E-state index contributed by atoms with van der Waals surface area (Å²) in [6.45, 7) is 4.30. The van der Waals surface area contributed by atoms with E-state index < -0.39 is 0 Å². The Balaban J connectivity index is 2.20.